The summed E-state index contributed by atoms with van der Waals surface area (Å²) < 4.78 is 5.61. The fourth-order valence-electron chi connectivity index (χ4n) is 2.02. The van der Waals surface area contributed by atoms with E-state index >= 15 is 0 Å². The minimum Gasteiger partial charge on any atom is -0.441 e. The standard InChI is InChI=1S/C17H21N3O3/c1-3-9-18-16(22)11-19-15(21)10-14-12(2)23-17(20-14)13-7-5-4-6-8-13/h4-8H,3,9-11H2,1-2H3,(H,18,22)(H,19,21). The van der Waals surface area contributed by atoms with E-state index in [1.807, 2.05) is 37.3 Å². The molecule has 0 bridgehead atoms. The van der Waals surface area contributed by atoms with Crippen molar-refractivity contribution in [2.75, 3.05) is 13.1 Å². The third-order valence-corrected chi connectivity index (χ3v) is 3.26. The summed E-state index contributed by atoms with van der Waals surface area (Å²) in [7, 11) is 0. The van der Waals surface area contributed by atoms with Crippen molar-refractivity contribution in [2.45, 2.75) is 26.7 Å². The number of carbonyl (C=O) groups excluding carboxylic acids is 2. The van der Waals surface area contributed by atoms with Gasteiger partial charge in [0.25, 0.3) is 0 Å². The van der Waals surface area contributed by atoms with Crippen molar-refractivity contribution in [2.24, 2.45) is 0 Å². The molecule has 23 heavy (non-hydrogen) atoms. The number of nitrogens with zero attached hydrogens (tertiary/aromatic N) is 1. The first-order valence-corrected chi connectivity index (χ1v) is 7.65. The van der Waals surface area contributed by atoms with Crippen molar-refractivity contribution in [3.05, 3.63) is 41.8 Å². The number of aromatic nitrogens is 1. The molecule has 2 amide bonds. The van der Waals surface area contributed by atoms with E-state index in [1.165, 1.54) is 0 Å². The Kier molecular flexibility index (Phi) is 5.91. The van der Waals surface area contributed by atoms with E-state index in [9.17, 15) is 9.59 Å². The lowest BCUT2D eigenvalue weighted by Crippen LogP contribution is -2.37. The molecule has 122 valence electrons. The number of carbonyl (C=O) groups is 2. The quantitative estimate of drug-likeness (QED) is 0.816. The molecular formula is C17H21N3O3. The number of amides is 2. The molecule has 0 radical (unpaired) electrons. The Morgan fingerprint density at radius 1 is 1.13 bits per heavy atom. The number of hydrogen-bond acceptors (Lipinski definition) is 4. The lowest BCUT2D eigenvalue weighted by atomic mass is 10.2. The largest absolute Gasteiger partial charge is 0.441 e. The Balaban J connectivity index is 1.91. The third kappa shape index (κ3) is 4.95. The van der Waals surface area contributed by atoms with Crippen LogP contribution in [0.4, 0.5) is 0 Å². The Morgan fingerprint density at radius 3 is 2.57 bits per heavy atom. The molecule has 1 aromatic heterocycles. The summed E-state index contributed by atoms with van der Waals surface area (Å²) in [5.74, 6) is 0.649. The minimum absolute atomic E-state index is 0.0265. The predicted molar refractivity (Wildman–Crippen MR) is 86.7 cm³/mol. The van der Waals surface area contributed by atoms with Gasteiger partial charge in [0.1, 0.15) is 5.76 Å². The predicted octanol–water partition coefficient (Wildman–Crippen LogP) is 1.83. The van der Waals surface area contributed by atoms with Crippen LogP contribution in [0.25, 0.3) is 11.5 Å². The molecule has 0 saturated carbocycles. The molecule has 1 heterocycles. The highest BCUT2D eigenvalue weighted by Crippen LogP contribution is 2.21. The molecule has 0 aliphatic rings. The summed E-state index contributed by atoms with van der Waals surface area (Å²) in [4.78, 5) is 27.7. The summed E-state index contributed by atoms with van der Waals surface area (Å²) in [5, 5.41) is 5.28. The van der Waals surface area contributed by atoms with Crippen LogP contribution >= 0.6 is 0 Å². The van der Waals surface area contributed by atoms with Crippen molar-refractivity contribution in [3.8, 4) is 11.5 Å². The van der Waals surface area contributed by atoms with Crippen molar-refractivity contribution >= 4 is 11.8 Å². The van der Waals surface area contributed by atoms with Crippen LogP contribution in [-0.2, 0) is 16.0 Å². The normalized spacial score (nSPS) is 10.3. The zero-order valence-electron chi connectivity index (χ0n) is 13.4. The average Bonchev–Trinajstić information content (AvgIpc) is 2.92. The maximum absolute atomic E-state index is 11.9. The molecule has 0 aliphatic carbocycles. The highest BCUT2D eigenvalue weighted by atomic mass is 16.4. The number of hydrogen-bond donors (Lipinski definition) is 2. The number of oxazole rings is 1. The molecule has 2 rings (SSSR count). The van der Waals surface area contributed by atoms with Gasteiger partial charge in [-0.1, -0.05) is 25.1 Å². The monoisotopic (exact) mass is 315 g/mol. The first-order valence-electron chi connectivity index (χ1n) is 7.65. The summed E-state index contributed by atoms with van der Waals surface area (Å²) in [6, 6.07) is 9.50. The van der Waals surface area contributed by atoms with Gasteiger partial charge in [-0.15, -0.1) is 0 Å². The van der Waals surface area contributed by atoms with Crippen molar-refractivity contribution < 1.29 is 14.0 Å². The average molecular weight is 315 g/mol. The van der Waals surface area contributed by atoms with Gasteiger partial charge in [-0.2, -0.15) is 0 Å². The summed E-state index contributed by atoms with van der Waals surface area (Å²) >= 11 is 0. The van der Waals surface area contributed by atoms with Gasteiger partial charge in [0.2, 0.25) is 17.7 Å². The number of aryl methyl sites for hydroxylation is 1. The molecule has 0 spiro atoms. The Bertz CT molecular complexity index is 665. The fourth-order valence-corrected chi connectivity index (χ4v) is 2.02. The molecule has 2 aromatic rings. The lowest BCUT2D eigenvalue weighted by Gasteiger charge is -2.05. The van der Waals surface area contributed by atoms with Crippen molar-refractivity contribution in [1.29, 1.82) is 0 Å². The molecule has 0 atom stereocenters. The highest BCUT2D eigenvalue weighted by Gasteiger charge is 2.15. The van der Waals surface area contributed by atoms with Gasteiger partial charge in [-0.25, -0.2) is 4.98 Å². The molecule has 0 fully saturated rings. The molecule has 0 unspecified atom stereocenters. The first kappa shape index (κ1) is 16.7. The molecule has 6 heteroatoms. The zero-order chi connectivity index (χ0) is 16.7. The van der Waals surface area contributed by atoms with E-state index < -0.39 is 0 Å². The highest BCUT2D eigenvalue weighted by molar-refractivity contribution is 5.85. The molecular weight excluding hydrogens is 294 g/mol. The van der Waals surface area contributed by atoms with E-state index in [0.717, 1.165) is 12.0 Å². The minimum atomic E-state index is -0.257. The molecule has 0 aliphatic heterocycles. The Labute approximate surface area is 135 Å². The maximum atomic E-state index is 11.9. The van der Waals surface area contributed by atoms with Crippen molar-refractivity contribution in [3.63, 3.8) is 0 Å². The van der Waals surface area contributed by atoms with E-state index in [1.54, 1.807) is 6.92 Å². The van der Waals surface area contributed by atoms with Crippen LogP contribution < -0.4 is 10.6 Å². The molecule has 1 aromatic carbocycles. The van der Waals surface area contributed by atoms with Gasteiger partial charge in [0.05, 0.1) is 18.7 Å². The van der Waals surface area contributed by atoms with Gasteiger partial charge >= 0.3 is 0 Å². The third-order valence-electron chi connectivity index (χ3n) is 3.26. The zero-order valence-corrected chi connectivity index (χ0v) is 13.4. The summed E-state index contributed by atoms with van der Waals surface area (Å²) in [6.07, 6.45) is 0.948. The van der Waals surface area contributed by atoms with Crippen LogP contribution in [-0.4, -0.2) is 29.9 Å². The van der Waals surface area contributed by atoms with Crippen molar-refractivity contribution in [1.82, 2.24) is 15.6 Å². The fraction of sp³-hybridized carbons (Fsp3) is 0.353. The SMILES string of the molecule is CCCNC(=O)CNC(=O)Cc1nc(-c2ccccc2)oc1C. The van der Waals surface area contributed by atoms with Gasteiger partial charge in [0, 0.05) is 12.1 Å². The van der Waals surface area contributed by atoms with Crippen LogP contribution in [0.2, 0.25) is 0 Å². The van der Waals surface area contributed by atoms with Gasteiger partial charge < -0.3 is 15.1 Å². The van der Waals surface area contributed by atoms with E-state index in [2.05, 4.69) is 15.6 Å². The van der Waals surface area contributed by atoms with Crippen LogP contribution in [0, 0.1) is 6.92 Å². The van der Waals surface area contributed by atoms with Gasteiger partial charge in [-0.3, -0.25) is 9.59 Å². The molecule has 0 saturated heterocycles. The second kappa shape index (κ2) is 8.12. The maximum Gasteiger partial charge on any atom is 0.239 e. The van der Waals surface area contributed by atoms with E-state index in [4.69, 9.17) is 4.42 Å². The topological polar surface area (TPSA) is 84.2 Å². The summed E-state index contributed by atoms with van der Waals surface area (Å²) in [6.45, 7) is 4.32. The van der Waals surface area contributed by atoms with E-state index in [0.29, 0.717) is 23.9 Å². The number of nitrogens with one attached hydrogen (secondary N) is 2. The van der Waals surface area contributed by atoms with Crippen LogP contribution in [0.5, 0.6) is 0 Å². The van der Waals surface area contributed by atoms with E-state index in [-0.39, 0.29) is 24.8 Å². The second-order valence-corrected chi connectivity index (χ2v) is 5.19. The van der Waals surface area contributed by atoms with Gasteiger partial charge in [0.15, 0.2) is 0 Å². The van der Waals surface area contributed by atoms with Gasteiger partial charge in [-0.05, 0) is 25.5 Å². The second-order valence-electron chi connectivity index (χ2n) is 5.19. The Hall–Kier alpha value is -2.63. The molecule has 2 N–H and O–H groups in total. The van der Waals surface area contributed by atoms with Crippen LogP contribution in [0.3, 0.4) is 0 Å². The summed E-state index contributed by atoms with van der Waals surface area (Å²) in [5.41, 5.74) is 1.44. The lowest BCUT2D eigenvalue weighted by molar-refractivity contribution is -0.125. The number of rotatable bonds is 7. The number of benzene rings is 1. The molecule has 6 nitrogen and oxygen atoms in total. The smallest absolute Gasteiger partial charge is 0.239 e. The first-order chi connectivity index (χ1) is 11.1. The Morgan fingerprint density at radius 2 is 1.87 bits per heavy atom. The van der Waals surface area contributed by atoms with Crippen LogP contribution in [0.1, 0.15) is 24.8 Å². The van der Waals surface area contributed by atoms with Crippen LogP contribution in [0.15, 0.2) is 34.7 Å².